The highest BCUT2D eigenvalue weighted by molar-refractivity contribution is 5.32. The molecule has 0 bridgehead atoms. The Bertz CT molecular complexity index is 382. The van der Waals surface area contributed by atoms with E-state index in [-0.39, 0.29) is 6.10 Å². The summed E-state index contributed by atoms with van der Waals surface area (Å²) < 4.78 is 0. The molecule has 0 saturated carbocycles. The molecule has 0 aliphatic rings. The average Bonchev–Trinajstić information content (AvgIpc) is 2.28. The Morgan fingerprint density at radius 1 is 1.41 bits per heavy atom. The minimum absolute atomic E-state index is 0.242. The fourth-order valence-corrected chi connectivity index (χ4v) is 1.88. The van der Waals surface area contributed by atoms with Gasteiger partial charge in [-0.1, -0.05) is 19.1 Å². The first-order chi connectivity index (χ1) is 8.11. The standard InChI is InChI=1S/C14H20N2O/c1-11(6-12(2)17)9-16-10-14-5-3-4-13(7-14)8-15/h3-5,7,11-12,16-17H,6,9-10H2,1-2H3. The molecule has 1 aromatic rings. The second-order valence-electron chi connectivity index (χ2n) is 4.63. The molecule has 0 heterocycles. The maximum Gasteiger partial charge on any atom is 0.0991 e. The Balaban J connectivity index is 2.33. The van der Waals surface area contributed by atoms with Crippen molar-refractivity contribution >= 4 is 0 Å². The van der Waals surface area contributed by atoms with E-state index in [1.54, 1.807) is 6.07 Å². The van der Waals surface area contributed by atoms with Gasteiger partial charge in [0.25, 0.3) is 0 Å². The van der Waals surface area contributed by atoms with E-state index in [9.17, 15) is 5.11 Å². The van der Waals surface area contributed by atoms with Gasteiger partial charge in [0.05, 0.1) is 17.7 Å². The van der Waals surface area contributed by atoms with Gasteiger partial charge in [-0.15, -0.1) is 0 Å². The third-order valence-corrected chi connectivity index (χ3v) is 2.62. The monoisotopic (exact) mass is 232 g/mol. The number of benzene rings is 1. The minimum atomic E-state index is -0.242. The quantitative estimate of drug-likeness (QED) is 0.789. The summed E-state index contributed by atoms with van der Waals surface area (Å²) in [6.07, 6.45) is 0.569. The van der Waals surface area contributed by atoms with Crippen LogP contribution in [0.15, 0.2) is 24.3 Å². The number of hydrogen-bond acceptors (Lipinski definition) is 3. The van der Waals surface area contributed by atoms with Crippen LogP contribution in [0.2, 0.25) is 0 Å². The van der Waals surface area contributed by atoms with Gasteiger partial charge in [-0.3, -0.25) is 0 Å². The van der Waals surface area contributed by atoms with Gasteiger partial charge in [-0.2, -0.15) is 5.26 Å². The summed E-state index contributed by atoms with van der Waals surface area (Å²) >= 11 is 0. The molecule has 0 fully saturated rings. The SMILES string of the molecule is CC(O)CC(C)CNCc1cccc(C#N)c1. The smallest absolute Gasteiger partial charge is 0.0991 e. The Morgan fingerprint density at radius 2 is 2.18 bits per heavy atom. The van der Waals surface area contributed by atoms with Crippen LogP contribution in [0.3, 0.4) is 0 Å². The molecule has 92 valence electrons. The lowest BCUT2D eigenvalue weighted by Gasteiger charge is -2.14. The zero-order valence-electron chi connectivity index (χ0n) is 10.5. The predicted molar refractivity (Wildman–Crippen MR) is 68.3 cm³/mol. The lowest BCUT2D eigenvalue weighted by molar-refractivity contribution is 0.163. The number of rotatable bonds is 6. The van der Waals surface area contributed by atoms with Gasteiger partial charge < -0.3 is 10.4 Å². The van der Waals surface area contributed by atoms with Crippen LogP contribution in [-0.2, 0) is 6.54 Å². The molecule has 0 aliphatic heterocycles. The summed E-state index contributed by atoms with van der Waals surface area (Å²) in [5.74, 6) is 0.453. The van der Waals surface area contributed by atoms with Crippen LogP contribution in [-0.4, -0.2) is 17.8 Å². The van der Waals surface area contributed by atoms with Gasteiger partial charge in [0.2, 0.25) is 0 Å². The second-order valence-corrected chi connectivity index (χ2v) is 4.63. The van der Waals surface area contributed by atoms with Gasteiger partial charge in [-0.05, 0) is 43.5 Å². The maximum absolute atomic E-state index is 9.24. The third kappa shape index (κ3) is 5.48. The largest absolute Gasteiger partial charge is 0.393 e. The van der Waals surface area contributed by atoms with Crippen LogP contribution >= 0.6 is 0 Å². The van der Waals surface area contributed by atoms with Crippen molar-refractivity contribution in [3.63, 3.8) is 0 Å². The number of nitriles is 1. The Morgan fingerprint density at radius 3 is 2.82 bits per heavy atom. The molecule has 0 saturated heterocycles. The summed E-state index contributed by atoms with van der Waals surface area (Å²) in [5.41, 5.74) is 1.81. The van der Waals surface area contributed by atoms with E-state index in [2.05, 4.69) is 18.3 Å². The van der Waals surface area contributed by atoms with Crippen molar-refractivity contribution in [2.24, 2.45) is 5.92 Å². The van der Waals surface area contributed by atoms with Crippen LogP contribution in [0.5, 0.6) is 0 Å². The summed E-state index contributed by atoms with van der Waals surface area (Å²) in [4.78, 5) is 0. The van der Waals surface area contributed by atoms with Crippen molar-refractivity contribution in [2.75, 3.05) is 6.54 Å². The van der Waals surface area contributed by atoms with Crippen LogP contribution in [0.1, 0.15) is 31.4 Å². The summed E-state index contributed by atoms with van der Waals surface area (Å²) in [7, 11) is 0. The van der Waals surface area contributed by atoms with Crippen molar-refractivity contribution in [1.29, 1.82) is 5.26 Å². The number of nitrogens with one attached hydrogen (secondary N) is 1. The zero-order valence-corrected chi connectivity index (χ0v) is 10.5. The molecule has 3 nitrogen and oxygen atoms in total. The topological polar surface area (TPSA) is 56.0 Å². The molecule has 0 amide bonds. The van der Waals surface area contributed by atoms with E-state index in [4.69, 9.17) is 5.26 Å². The molecule has 1 rings (SSSR count). The normalized spacial score (nSPS) is 14.0. The van der Waals surface area contributed by atoms with Crippen molar-refractivity contribution in [3.8, 4) is 6.07 Å². The zero-order chi connectivity index (χ0) is 12.7. The van der Waals surface area contributed by atoms with Gasteiger partial charge >= 0.3 is 0 Å². The molecule has 2 atom stereocenters. The van der Waals surface area contributed by atoms with Crippen LogP contribution in [0.4, 0.5) is 0 Å². The lowest BCUT2D eigenvalue weighted by atomic mass is 10.0. The second kappa shape index (κ2) is 7.05. The summed E-state index contributed by atoms with van der Waals surface area (Å²) in [5, 5.41) is 21.4. The molecule has 0 spiro atoms. The lowest BCUT2D eigenvalue weighted by Crippen LogP contribution is -2.23. The number of hydrogen-bond donors (Lipinski definition) is 2. The van der Waals surface area contributed by atoms with E-state index in [0.717, 1.165) is 25.1 Å². The third-order valence-electron chi connectivity index (χ3n) is 2.62. The summed E-state index contributed by atoms with van der Waals surface area (Å²) in [6, 6.07) is 9.74. The molecule has 2 unspecified atom stereocenters. The molecule has 0 aromatic heterocycles. The fourth-order valence-electron chi connectivity index (χ4n) is 1.88. The highest BCUT2D eigenvalue weighted by atomic mass is 16.3. The van der Waals surface area contributed by atoms with Gasteiger partial charge in [-0.25, -0.2) is 0 Å². The Kier molecular flexibility index (Phi) is 5.68. The van der Waals surface area contributed by atoms with Gasteiger partial charge in [0.1, 0.15) is 0 Å². The molecular formula is C14H20N2O. The molecule has 1 aromatic carbocycles. The van der Waals surface area contributed by atoms with Gasteiger partial charge in [0, 0.05) is 6.54 Å². The average molecular weight is 232 g/mol. The van der Waals surface area contributed by atoms with Crippen LogP contribution in [0.25, 0.3) is 0 Å². The van der Waals surface area contributed by atoms with Crippen molar-refractivity contribution in [3.05, 3.63) is 35.4 Å². The van der Waals surface area contributed by atoms with Gasteiger partial charge in [0.15, 0.2) is 0 Å². The number of aliphatic hydroxyl groups is 1. The van der Waals surface area contributed by atoms with Crippen molar-refractivity contribution in [2.45, 2.75) is 32.9 Å². The molecule has 2 N–H and O–H groups in total. The van der Waals surface area contributed by atoms with E-state index < -0.39 is 0 Å². The Labute approximate surface area is 103 Å². The minimum Gasteiger partial charge on any atom is -0.393 e. The fraction of sp³-hybridized carbons (Fsp3) is 0.500. The molecular weight excluding hydrogens is 212 g/mol. The molecule has 0 radical (unpaired) electrons. The maximum atomic E-state index is 9.24. The predicted octanol–water partition coefficient (Wildman–Crippen LogP) is 2.05. The summed E-state index contributed by atoms with van der Waals surface area (Å²) in [6.45, 7) is 5.57. The van der Waals surface area contributed by atoms with Crippen LogP contribution < -0.4 is 5.32 Å². The van der Waals surface area contributed by atoms with Crippen molar-refractivity contribution in [1.82, 2.24) is 5.32 Å². The highest BCUT2D eigenvalue weighted by Crippen LogP contribution is 2.06. The Hall–Kier alpha value is -1.37. The first-order valence-corrected chi connectivity index (χ1v) is 5.99. The van der Waals surface area contributed by atoms with E-state index in [1.807, 2.05) is 25.1 Å². The van der Waals surface area contributed by atoms with E-state index in [0.29, 0.717) is 11.5 Å². The highest BCUT2D eigenvalue weighted by Gasteiger charge is 2.05. The first kappa shape index (κ1) is 13.7. The van der Waals surface area contributed by atoms with E-state index >= 15 is 0 Å². The van der Waals surface area contributed by atoms with Crippen LogP contribution in [0, 0.1) is 17.2 Å². The van der Waals surface area contributed by atoms with E-state index in [1.165, 1.54) is 0 Å². The molecule has 0 aliphatic carbocycles. The number of nitrogens with zero attached hydrogens (tertiary/aromatic N) is 1. The molecule has 3 heteroatoms. The number of aliphatic hydroxyl groups excluding tert-OH is 1. The molecule has 17 heavy (non-hydrogen) atoms. The van der Waals surface area contributed by atoms with Crippen molar-refractivity contribution < 1.29 is 5.11 Å². The first-order valence-electron chi connectivity index (χ1n) is 5.99.